The topological polar surface area (TPSA) is 91.6 Å². The number of ether oxygens (including phenoxy) is 2. The number of carbonyl (C=O) groups excluding carboxylic acids is 1. The van der Waals surface area contributed by atoms with Gasteiger partial charge in [0.2, 0.25) is 5.88 Å². The Bertz CT molecular complexity index is 752. The molecule has 2 rings (SSSR count). The molecule has 7 nitrogen and oxygen atoms in total. The molecule has 0 bridgehead atoms. The minimum Gasteiger partial charge on any atom is -0.463 e. The van der Waals surface area contributed by atoms with Crippen LogP contribution in [0.4, 0.5) is 5.69 Å². The lowest BCUT2D eigenvalue weighted by Gasteiger charge is -2.06. The van der Waals surface area contributed by atoms with Gasteiger partial charge >= 0.3 is 5.97 Å². The molecule has 0 fully saturated rings. The van der Waals surface area contributed by atoms with Crippen molar-refractivity contribution in [3.63, 3.8) is 0 Å². The fraction of sp³-hybridized carbons (Fsp3) is 0.176. The summed E-state index contributed by atoms with van der Waals surface area (Å²) in [5.74, 6) is 0.404. The number of nitrogens with zero attached hydrogens (tertiary/aromatic N) is 2. The van der Waals surface area contributed by atoms with Crippen LogP contribution in [-0.2, 0) is 9.53 Å². The number of benzene rings is 1. The minimum absolute atomic E-state index is 0.0996. The monoisotopic (exact) mass is 328 g/mol. The molecule has 0 amide bonds. The Balaban J connectivity index is 2.06. The number of hydrogen-bond acceptors (Lipinski definition) is 6. The molecule has 24 heavy (non-hydrogen) atoms. The number of aromatic nitrogens is 1. The molecule has 0 unspecified atom stereocenters. The van der Waals surface area contributed by atoms with E-state index in [1.165, 1.54) is 18.2 Å². The van der Waals surface area contributed by atoms with Crippen LogP contribution in [0.1, 0.15) is 19.4 Å². The van der Waals surface area contributed by atoms with Gasteiger partial charge in [-0.3, -0.25) is 10.1 Å². The quantitative estimate of drug-likeness (QED) is 0.347. The van der Waals surface area contributed by atoms with Crippen molar-refractivity contribution in [2.45, 2.75) is 13.8 Å². The fourth-order valence-corrected chi connectivity index (χ4v) is 1.89. The molecular weight excluding hydrogens is 312 g/mol. The van der Waals surface area contributed by atoms with Gasteiger partial charge in [0.05, 0.1) is 11.5 Å². The average Bonchev–Trinajstić information content (AvgIpc) is 2.56. The van der Waals surface area contributed by atoms with E-state index in [9.17, 15) is 14.9 Å². The van der Waals surface area contributed by atoms with E-state index in [0.29, 0.717) is 12.4 Å². The van der Waals surface area contributed by atoms with Gasteiger partial charge in [0.15, 0.2) is 0 Å². The second-order valence-electron chi connectivity index (χ2n) is 4.82. The van der Waals surface area contributed by atoms with E-state index in [1.54, 1.807) is 31.2 Å². The summed E-state index contributed by atoms with van der Waals surface area (Å²) in [7, 11) is 0. The summed E-state index contributed by atoms with van der Waals surface area (Å²) in [4.78, 5) is 25.4. The first-order valence-corrected chi connectivity index (χ1v) is 7.23. The van der Waals surface area contributed by atoms with Crippen molar-refractivity contribution in [2.24, 2.45) is 0 Å². The van der Waals surface area contributed by atoms with E-state index in [2.05, 4.69) is 4.98 Å². The standard InChI is InChI=1S/C17H16N2O5/c1-3-23-17(20)10-12(2)13-4-7-15(8-5-13)24-16-9-6-14(11-18-16)19(21)22/h4-11H,3H2,1-2H3/b12-10-. The fourth-order valence-electron chi connectivity index (χ4n) is 1.89. The summed E-state index contributed by atoms with van der Waals surface area (Å²) in [6.45, 7) is 3.89. The predicted molar refractivity (Wildman–Crippen MR) is 87.7 cm³/mol. The lowest BCUT2D eigenvalue weighted by atomic mass is 10.1. The Kier molecular flexibility index (Phi) is 5.62. The second-order valence-corrected chi connectivity index (χ2v) is 4.82. The van der Waals surface area contributed by atoms with Crippen LogP contribution < -0.4 is 4.74 Å². The van der Waals surface area contributed by atoms with Gasteiger partial charge in [-0.2, -0.15) is 0 Å². The van der Waals surface area contributed by atoms with E-state index in [4.69, 9.17) is 9.47 Å². The van der Waals surface area contributed by atoms with Crippen molar-refractivity contribution < 1.29 is 19.2 Å². The number of hydrogen-bond donors (Lipinski definition) is 0. The summed E-state index contributed by atoms with van der Waals surface area (Å²) < 4.78 is 10.4. The molecule has 0 aliphatic heterocycles. The van der Waals surface area contributed by atoms with Crippen molar-refractivity contribution in [3.05, 3.63) is 64.3 Å². The van der Waals surface area contributed by atoms with Gasteiger partial charge in [-0.1, -0.05) is 12.1 Å². The maximum atomic E-state index is 11.4. The molecule has 0 saturated carbocycles. The van der Waals surface area contributed by atoms with Crippen molar-refractivity contribution in [3.8, 4) is 11.6 Å². The number of pyridine rings is 1. The molecule has 1 aromatic carbocycles. The molecule has 1 aromatic heterocycles. The molecule has 0 saturated heterocycles. The van der Waals surface area contributed by atoms with Gasteiger partial charge in [0.1, 0.15) is 11.9 Å². The zero-order valence-electron chi connectivity index (χ0n) is 13.3. The molecule has 0 aliphatic rings. The van der Waals surface area contributed by atoms with Crippen LogP contribution in [0.15, 0.2) is 48.7 Å². The van der Waals surface area contributed by atoms with Crippen LogP contribution in [0, 0.1) is 10.1 Å². The third-order valence-electron chi connectivity index (χ3n) is 3.08. The number of carbonyl (C=O) groups is 1. The Hall–Kier alpha value is -3.22. The first-order valence-electron chi connectivity index (χ1n) is 7.23. The van der Waals surface area contributed by atoms with Gasteiger partial charge in [-0.05, 0) is 37.1 Å². The largest absolute Gasteiger partial charge is 0.463 e. The first-order chi connectivity index (χ1) is 11.5. The van der Waals surface area contributed by atoms with E-state index in [0.717, 1.165) is 17.3 Å². The maximum Gasteiger partial charge on any atom is 0.331 e. The highest BCUT2D eigenvalue weighted by Crippen LogP contribution is 2.23. The van der Waals surface area contributed by atoms with E-state index < -0.39 is 4.92 Å². The zero-order valence-corrected chi connectivity index (χ0v) is 13.3. The Labute approximate surface area is 138 Å². The number of nitro groups is 1. The molecule has 0 spiro atoms. The molecule has 0 atom stereocenters. The van der Waals surface area contributed by atoms with Crippen LogP contribution in [0.5, 0.6) is 11.6 Å². The maximum absolute atomic E-state index is 11.4. The highest BCUT2D eigenvalue weighted by Gasteiger charge is 2.07. The SMILES string of the molecule is CCOC(=O)/C=C(/C)c1ccc(Oc2ccc([N+](=O)[O-])cn2)cc1. The summed E-state index contributed by atoms with van der Waals surface area (Å²) in [5.41, 5.74) is 1.53. The lowest BCUT2D eigenvalue weighted by Crippen LogP contribution is -2.00. The van der Waals surface area contributed by atoms with E-state index in [-0.39, 0.29) is 17.5 Å². The molecule has 0 radical (unpaired) electrons. The highest BCUT2D eigenvalue weighted by molar-refractivity contribution is 5.90. The third kappa shape index (κ3) is 4.64. The molecule has 0 aliphatic carbocycles. The normalized spacial score (nSPS) is 11.0. The van der Waals surface area contributed by atoms with Crippen molar-refractivity contribution >= 4 is 17.2 Å². The summed E-state index contributed by atoms with van der Waals surface area (Å²) >= 11 is 0. The van der Waals surface area contributed by atoms with Crippen LogP contribution >= 0.6 is 0 Å². The molecule has 7 heteroatoms. The molecule has 0 N–H and O–H groups in total. The number of esters is 1. The Morgan fingerprint density at radius 3 is 2.50 bits per heavy atom. The van der Waals surface area contributed by atoms with E-state index >= 15 is 0 Å². The van der Waals surface area contributed by atoms with Crippen LogP contribution in [0.2, 0.25) is 0 Å². The number of rotatable bonds is 6. The molecular formula is C17H16N2O5. The van der Waals surface area contributed by atoms with Gasteiger partial charge in [-0.25, -0.2) is 9.78 Å². The third-order valence-corrected chi connectivity index (χ3v) is 3.08. The molecule has 1 heterocycles. The summed E-state index contributed by atoms with van der Waals surface area (Å²) in [6.07, 6.45) is 2.56. The van der Waals surface area contributed by atoms with Gasteiger partial charge in [0.25, 0.3) is 5.69 Å². The van der Waals surface area contributed by atoms with E-state index in [1.807, 2.05) is 6.92 Å². The minimum atomic E-state index is -0.524. The summed E-state index contributed by atoms with van der Waals surface area (Å²) in [5, 5.41) is 10.6. The predicted octanol–water partition coefficient (Wildman–Crippen LogP) is 3.75. The average molecular weight is 328 g/mol. The lowest BCUT2D eigenvalue weighted by molar-refractivity contribution is -0.385. The van der Waals surface area contributed by atoms with Crippen molar-refractivity contribution in [1.82, 2.24) is 4.98 Å². The first kappa shape index (κ1) is 17.1. The van der Waals surface area contributed by atoms with Crippen LogP contribution in [0.3, 0.4) is 0 Å². The summed E-state index contributed by atoms with van der Waals surface area (Å²) in [6, 6.07) is 9.79. The number of allylic oxidation sites excluding steroid dienone is 1. The second kappa shape index (κ2) is 7.87. The van der Waals surface area contributed by atoms with Gasteiger partial charge < -0.3 is 9.47 Å². The smallest absolute Gasteiger partial charge is 0.331 e. The van der Waals surface area contributed by atoms with Crippen LogP contribution in [-0.4, -0.2) is 22.5 Å². The molecule has 2 aromatic rings. The highest BCUT2D eigenvalue weighted by atomic mass is 16.6. The Morgan fingerprint density at radius 1 is 1.25 bits per heavy atom. The Morgan fingerprint density at radius 2 is 1.96 bits per heavy atom. The van der Waals surface area contributed by atoms with Crippen molar-refractivity contribution in [2.75, 3.05) is 6.61 Å². The zero-order chi connectivity index (χ0) is 17.5. The molecule has 124 valence electrons. The van der Waals surface area contributed by atoms with Gasteiger partial charge in [-0.15, -0.1) is 0 Å². The van der Waals surface area contributed by atoms with Crippen LogP contribution in [0.25, 0.3) is 5.57 Å². The van der Waals surface area contributed by atoms with Crippen molar-refractivity contribution in [1.29, 1.82) is 0 Å². The van der Waals surface area contributed by atoms with Gasteiger partial charge in [0, 0.05) is 18.2 Å².